The van der Waals surface area contributed by atoms with Crippen LogP contribution in [0.3, 0.4) is 0 Å². The van der Waals surface area contributed by atoms with E-state index in [9.17, 15) is 0 Å². The summed E-state index contributed by atoms with van der Waals surface area (Å²) < 4.78 is 0. The number of pyridine rings is 1. The maximum absolute atomic E-state index is 4.25. The second kappa shape index (κ2) is 4.91. The lowest BCUT2D eigenvalue weighted by Crippen LogP contribution is -1.96. The first-order chi connectivity index (χ1) is 5.84. The highest BCUT2D eigenvalue weighted by atomic mass is 14.7. The molecule has 1 unspecified atom stereocenters. The Kier molecular flexibility index (Phi) is 3.78. The number of hydrogen-bond acceptors (Lipinski definition) is 1. The predicted octanol–water partition coefficient (Wildman–Crippen LogP) is 3.00. The van der Waals surface area contributed by atoms with E-state index in [4.69, 9.17) is 0 Å². The number of unbranched alkanes of at least 4 members (excludes halogenated alkanes) is 1. The normalized spacial score (nSPS) is 12.8. The van der Waals surface area contributed by atoms with Crippen LogP contribution in [0.25, 0.3) is 0 Å². The average molecular weight is 161 g/mol. The quantitative estimate of drug-likeness (QED) is 0.661. The third-order valence-corrected chi connectivity index (χ3v) is 1.91. The lowest BCUT2D eigenvalue weighted by atomic mass is 10.0. The van der Waals surface area contributed by atoms with Gasteiger partial charge in [0.1, 0.15) is 0 Å². The Hall–Kier alpha value is -0.850. The maximum atomic E-state index is 4.25. The third-order valence-electron chi connectivity index (χ3n) is 1.91. The van der Waals surface area contributed by atoms with Gasteiger partial charge >= 0.3 is 0 Å². The molecule has 1 atom stereocenters. The highest BCUT2D eigenvalue weighted by Gasteiger charge is 2.04. The van der Waals surface area contributed by atoms with E-state index in [2.05, 4.69) is 18.8 Å². The molecular formula is C11H15N. The first kappa shape index (κ1) is 9.24. The minimum Gasteiger partial charge on any atom is -0.261 e. The van der Waals surface area contributed by atoms with E-state index < -0.39 is 0 Å². The zero-order chi connectivity index (χ0) is 8.81. The number of aromatic nitrogens is 1. The molecule has 0 saturated carbocycles. The van der Waals surface area contributed by atoms with Crippen molar-refractivity contribution in [3.63, 3.8) is 0 Å². The van der Waals surface area contributed by atoms with Crippen LogP contribution in [-0.2, 0) is 0 Å². The van der Waals surface area contributed by atoms with Crippen molar-refractivity contribution >= 4 is 0 Å². The SMILES string of the molecule is [CH2]CCCC([CH2])c1ccccn1. The molecule has 1 heterocycles. The van der Waals surface area contributed by atoms with Gasteiger partial charge in [-0.3, -0.25) is 4.98 Å². The minimum atomic E-state index is 0.327. The van der Waals surface area contributed by atoms with E-state index in [-0.39, 0.29) is 0 Å². The summed E-state index contributed by atoms with van der Waals surface area (Å²) in [6, 6.07) is 5.96. The monoisotopic (exact) mass is 161 g/mol. The van der Waals surface area contributed by atoms with Gasteiger partial charge in [-0.15, -0.1) is 0 Å². The van der Waals surface area contributed by atoms with Crippen LogP contribution in [0.15, 0.2) is 24.4 Å². The van der Waals surface area contributed by atoms with Crippen molar-refractivity contribution in [3.05, 3.63) is 43.9 Å². The van der Waals surface area contributed by atoms with Gasteiger partial charge in [0.05, 0.1) is 0 Å². The molecule has 0 amide bonds. The fourth-order valence-corrected chi connectivity index (χ4v) is 1.16. The topological polar surface area (TPSA) is 12.9 Å². The molecule has 0 aromatic carbocycles. The first-order valence-electron chi connectivity index (χ1n) is 4.38. The summed E-state index contributed by atoms with van der Waals surface area (Å²) in [6.45, 7) is 7.86. The second-order valence-corrected chi connectivity index (χ2v) is 2.95. The Morgan fingerprint density at radius 1 is 1.42 bits per heavy atom. The van der Waals surface area contributed by atoms with Gasteiger partial charge in [-0.25, -0.2) is 0 Å². The molecular weight excluding hydrogens is 146 g/mol. The summed E-state index contributed by atoms with van der Waals surface area (Å²) in [5.41, 5.74) is 1.09. The van der Waals surface area contributed by atoms with Gasteiger partial charge in [0.25, 0.3) is 0 Å². The zero-order valence-corrected chi connectivity index (χ0v) is 7.37. The van der Waals surface area contributed by atoms with Gasteiger partial charge in [0.2, 0.25) is 0 Å². The summed E-state index contributed by atoms with van der Waals surface area (Å²) in [7, 11) is 0. The van der Waals surface area contributed by atoms with Gasteiger partial charge in [0.15, 0.2) is 0 Å². The minimum absolute atomic E-state index is 0.327. The van der Waals surface area contributed by atoms with Crippen molar-refractivity contribution in [2.75, 3.05) is 0 Å². The van der Waals surface area contributed by atoms with Crippen LogP contribution < -0.4 is 0 Å². The standard InChI is InChI=1S/C11H15N/c1-3-4-7-10(2)11-8-5-6-9-12-11/h5-6,8-10H,1-4,7H2. The zero-order valence-electron chi connectivity index (χ0n) is 7.37. The van der Waals surface area contributed by atoms with Crippen LogP contribution in [0.4, 0.5) is 0 Å². The summed E-state index contributed by atoms with van der Waals surface area (Å²) >= 11 is 0. The van der Waals surface area contributed by atoms with Gasteiger partial charge in [-0.1, -0.05) is 25.8 Å². The molecule has 0 aliphatic rings. The average Bonchev–Trinajstić information content (AvgIpc) is 2.15. The fourth-order valence-electron chi connectivity index (χ4n) is 1.16. The van der Waals surface area contributed by atoms with Crippen molar-refractivity contribution in [1.29, 1.82) is 0 Å². The second-order valence-electron chi connectivity index (χ2n) is 2.95. The Balaban J connectivity index is 2.48. The maximum Gasteiger partial charge on any atom is 0.0434 e. The lowest BCUT2D eigenvalue weighted by molar-refractivity contribution is 0.666. The van der Waals surface area contributed by atoms with E-state index in [0.717, 1.165) is 25.0 Å². The van der Waals surface area contributed by atoms with Crippen LogP contribution in [0.1, 0.15) is 30.9 Å². The van der Waals surface area contributed by atoms with Gasteiger partial charge < -0.3 is 0 Å². The van der Waals surface area contributed by atoms with E-state index >= 15 is 0 Å². The van der Waals surface area contributed by atoms with Crippen LogP contribution in [0.5, 0.6) is 0 Å². The number of hydrogen-bond donors (Lipinski definition) is 0. The van der Waals surface area contributed by atoms with Crippen molar-refractivity contribution in [1.82, 2.24) is 4.98 Å². The largest absolute Gasteiger partial charge is 0.261 e. The van der Waals surface area contributed by atoms with Crippen molar-refractivity contribution in [3.8, 4) is 0 Å². The summed E-state index contributed by atoms with van der Waals surface area (Å²) in [5, 5.41) is 0. The highest BCUT2D eigenvalue weighted by molar-refractivity contribution is 5.10. The van der Waals surface area contributed by atoms with E-state index in [1.54, 1.807) is 0 Å². The van der Waals surface area contributed by atoms with Crippen molar-refractivity contribution < 1.29 is 0 Å². The molecule has 1 nitrogen and oxygen atoms in total. The first-order valence-corrected chi connectivity index (χ1v) is 4.38. The molecule has 0 saturated heterocycles. The molecule has 2 radical (unpaired) electrons. The summed E-state index contributed by atoms with van der Waals surface area (Å²) in [4.78, 5) is 4.25. The molecule has 0 aliphatic heterocycles. The Bertz CT molecular complexity index is 206. The van der Waals surface area contributed by atoms with E-state index in [0.29, 0.717) is 5.92 Å². The molecule has 64 valence electrons. The molecule has 12 heavy (non-hydrogen) atoms. The molecule has 1 aromatic heterocycles. The predicted molar refractivity (Wildman–Crippen MR) is 51.5 cm³/mol. The molecule has 0 bridgehead atoms. The van der Waals surface area contributed by atoms with Crippen LogP contribution >= 0.6 is 0 Å². The van der Waals surface area contributed by atoms with Crippen molar-refractivity contribution in [2.45, 2.75) is 25.2 Å². The molecule has 0 N–H and O–H groups in total. The fraction of sp³-hybridized carbons (Fsp3) is 0.364. The third kappa shape index (κ3) is 2.65. The Labute approximate surface area is 74.8 Å². The smallest absolute Gasteiger partial charge is 0.0434 e. The molecule has 0 spiro atoms. The number of nitrogens with zero attached hydrogens (tertiary/aromatic N) is 1. The molecule has 1 heteroatoms. The Morgan fingerprint density at radius 2 is 2.25 bits per heavy atom. The summed E-state index contributed by atoms with van der Waals surface area (Å²) in [6.07, 6.45) is 5.02. The summed E-state index contributed by atoms with van der Waals surface area (Å²) in [5.74, 6) is 0.327. The van der Waals surface area contributed by atoms with E-state index in [1.165, 1.54) is 0 Å². The van der Waals surface area contributed by atoms with E-state index in [1.807, 2.05) is 24.4 Å². The van der Waals surface area contributed by atoms with Crippen LogP contribution in [0, 0.1) is 13.8 Å². The molecule has 1 rings (SSSR count). The Morgan fingerprint density at radius 3 is 2.83 bits per heavy atom. The highest BCUT2D eigenvalue weighted by Crippen LogP contribution is 2.17. The van der Waals surface area contributed by atoms with Gasteiger partial charge in [0, 0.05) is 17.8 Å². The van der Waals surface area contributed by atoms with Crippen molar-refractivity contribution in [2.24, 2.45) is 0 Å². The van der Waals surface area contributed by atoms with Gasteiger partial charge in [-0.2, -0.15) is 0 Å². The van der Waals surface area contributed by atoms with Crippen LogP contribution in [0.2, 0.25) is 0 Å². The van der Waals surface area contributed by atoms with Gasteiger partial charge in [-0.05, 0) is 25.5 Å². The number of rotatable bonds is 4. The lowest BCUT2D eigenvalue weighted by Gasteiger charge is -2.08. The molecule has 0 aliphatic carbocycles. The molecule has 1 aromatic rings. The van der Waals surface area contributed by atoms with Crippen LogP contribution in [-0.4, -0.2) is 4.98 Å². The molecule has 0 fully saturated rings.